The molecular formula is C10H8BrF4NO. The molecule has 0 heterocycles. The first-order valence-corrected chi connectivity index (χ1v) is 5.22. The molecule has 1 rings (SSSR count). The normalized spacial score (nSPS) is 11.5. The predicted octanol–water partition coefficient (Wildman–Crippen LogP) is 3.31. The Bertz CT molecular complexity index is 456. The number of benzene rings is 1. The Labute approximate surface area is 103 Å². The summed E-state index contributed by atoms with van der Waals surface area (Å²) in [7, 11) is 2.66. The Balaban J connectivity index is 3.46. The molecule has 0 bridgehead atoms. The van der Waals surface area contributed by atoms with Gasteiger partial charge in [0.1, 0.15) is 5.82 Å². The van der Waals surface area contributed by atoms with E-state index in [9.17, 15) is 22.4 Å². The van der Waals surface area contributed by atoms with Crippen molar-refractivity contribution in [3.05, 3.63) is 33.5 Å². The molecule has 1 aromatic rings. The average molecular weight is 314 g/mol. The molecule has 0 aromatic heterocycles. The first kappa shape index (κ1) is 14.0. The van der Waals surface area contributed by atoms with E-state index in [0.717, 1.165) is 11.0 Å². The Morgan fingerprint density at radius 2 is 1.82 bits per heavy atom. The predicted molar refractivity (Wildman–Crippen MR) is 57.1 cm³/mol. The molecule has 0 N–H and O–H groups in total. The van der Waals surface area contributed by atoms with Crippen LogP contribution in [0.1, 0.15) is 15.9 Å². The van der Waals surface area contributed by atoms with E-state index in [1.807, 2.05) is 0 Å². The van der Waals surface area contributed by atoms with Crippen molar-refractivity contribution in [1.29, 1.82) is 0 Å². The van der Waals surface area contributed by atoms with E-state index in [0.29, 0.717) is 6.07 Å². The molecule has 0 unspecified atom stereocenters. The van der Waals surface area contributed by atoms with Crippen LogP contribution in [0.3, 0.4) is 0 Å². The largest absolute Gasteiger partial charge is 0.419 e. The third-order valence-electron chi connectivity index (χ3n) is 2.02. The maximum atomic E-state index is 13.6. The van der Waals surface area contributed by atoms with Crippen molar-refractivity contribution < 1.29 is 22.4 Å². The number of amides is 1. The van der Waals surface area contributed by atoms with Gasteiger partial charge in [-0.05, 0) is 28.1 Å². The van der Waals surface area contributed by atoms with Gasteiger partial charge in [-0.25, -0.2) is 4.39 Å². The molecular weight excluding hydrogens is 306 g/mol. The minimum Gasteiger partial charge on any atom is -0.345 e. The maximum absolute atomic E-state index is 13.6. The first-order valence-electron chi connectivity index (χ1n) is 4.43. The highest BCUT2D eigenvalue weighted by atomic mass is 79.9. The van der Waals surface area contributed by atoms with Gasteiger partial charge in [0.05, 0.1) is 11.1 Å². The van der Waals surface area contributed by atoms with Gasteiger partial charge in [0.2, 0.25) is 0 Å². The van der Waals surface area contributed by atoms with Gasteiger partial charge in [-0.2, -0.15) is 13.2 Å². The van der Waals surface area contributed by atoms with Crippen LogP contribution in [0.25, 0.3) is 0 Å². The minimum atomic E-state index is -4.83. The molecule has 0 saturated heterocycles. The number of hydrogen-bond donors (Lipinski definition) is 0. The second kappa shape index (κ2) is 4.64. The lowest BCUT2D eigenvalue weighted by Gasteiger charge is -2.15. The van der Waals surface area contributed by atoms with E-state index in [4.69, 9.17) is 0 Å². The Morgan fingerprint density at radius 1 is 1.29 bits per heavy atom. The zero-order valence-corrected chi connectivity index (χ0v) is 10.5. The zero-order valence-electron chi connectivity index (χ0n) is 8.90. The molecule has 0 radical (unpaired) electrons. The quantitative estimate of drug-likeness (QED) is 0.728. The minimum absolute atomic E-state index is 0.0123. The fourth-order valence-corrected chi connectivity index (χ4v) is 1.67. The Morgan fingerprint density at radius 3 is 2.24 bits per heavy atom. The van der Waals surface area contributed by atoms with Crippen molar-refractivity contribution in [1.82, 2.24) is 4.90 Å². The van der Waals surface area contributed by atoms with Crippen LogP contribution in [0.2, 0.25) is 0 Å². The van der Waals surface area contributed by atoms with Gasteiger partial charge in [0, 0.05) is 18.6 Å². The lowest BCUT2D eigenvalue weighted by atomic mass is 10.1. The maximum Gasteiger partial charge on any atom is 0.419 e. The van der Waals surface area contributed by atoms with Gasteiger partial charge in [-0.3, -0.25) is 4.79 Å². The van der Waals surface area contributed by atoms with Gasteiger partial charge in [-0.15, -0.1) is 0 Å². The van der Waals surface area contributed by atoms with Crippen LogP contribution in [-0.4, -0.2) is 24.9 Å². The fourth-order valence-electron chi connectivity index (χ4n) is 1.19. The van der Waals surface area contributed by atoms with Crippen LogP contribution in [0, 0.1) is 5.82 Å². The number of rotatable bonds is 1. The second-order valence-corrected chi connectivity index (χ2v) is 4.34. The lowest BCUT2D eigenvalue weighted by molar-refractivity contribution is -0.140. The molecule has 0 spiro atoms. The number of hydrogen-bond acceptors (Lipinski definition) is 1. The third-order valence-corrected chi connectivity index (χ3v) is 2.68. The summed E-state index contributed by atoms with van der Waals surface area (Å²) >= 11 is 2.86. The lowest BCUT2D eigenvalue weighted by Crippen LogP contribution is -2.24. The summed E-state index contributed by atoms with van der Waals surface area (Å²) in [6.07, 6.45) is -4.83. The molecule has 0 aliphatic rings. The monoisotopic (exact) mass is 313 g/mol. The third kappa shape index (κ3) is 2.77. The molecule has 0 fully saturated rings. The first-order chi connectivity index (χ1) is 7.66. The van der Waals surface area contributed by atoms with E-state index >= 15 is 0 Å². The molecule has 0 atom stereocenters. The van der Waals surface area contributed by atoms with Crippen molar-refractivity contribution in [3.8, 4) is 0 Å². The summed E-state index contributed by atoms with van der Waals surface area (Å²) in [4.78, 5) is 12.6. The van der Waals surface area contributed by atoms with Crippen LogP contribution < -0.4 is 0 Å². The Kier molecular flexibility index (Phi) is 3.81. The van der Waals surface area contributed by atoms with Crippen molar-refractivity contribution in [2.75, 3.05) is 14.1 Å². The number of halogens is 5. The highest BCUT2D eigenvalue weighted by Crippen LogP contribution is 2.35. The highest BCUT2D eigenvalue weighted by molar-refractivity contribution is 9.10. The van der Waals surface area contributed by atoms with E-state index < -0.39 is 29.0 Å². The average Bonchev–Trinajstić information content (AvgIpc) is 2.14. The van der Waals surface area contributed by atoms with E-state index in [1.54, 1.807) is 0 Å². The van der Waals surface area contributed by atoms with Gasteiger partial charge in [0.15, 0.2) is 0 Å². The van der Waals surface area contributed by atoms with Crippen molar-refractivity contribution in [2.24, 2.45) is 0 Å². The van der Waals surface area contributed by atoms with Gasteiger partial charge in [0.25, 0.3) is 5.91 Å². The van der Waals surface area contributed by atoms with Crippen molar-refractivity contribution in [3.63, 3.8) is 0 Å². The van der Waals surface area contributed by atoms with Crippen LogP contribution >= 0.6 is 15.9 Å². The second-order valence-electron chi connectivity index (χ2n) is 3.48. The van der Waals surface area contributed by atoms with Crippen molar-refractivity contribution in [2.45, 2.75) is 6.18 Å². The van der Waals surface area contributed by atoms with E-state index in [-0.39, 0.29) is 4.47 Å². The summed E-state index contributed by atoms with van der Waals surface area (Å²) in [5, 5.41) is 0. The van der Waals surface area contributed by atoms with Gasteiger partial charge < -0.3 is 4.90 Å². The van der Waals surface area contributed by atoms with Gasteiger partial charge >= 0.3 is 6.18 Å². The zero-order chi connectivity index (χ0) is 13.4. The number of carbonyl (C=O) groups excluding carboxylic acids is 1. The summed E-state index contributed by atoms with van der Waals surface area (Å²) in [5.74, 6) is -2.40. The molecule has 94 valence electrons. The molecule has 1 aromatic carbocycles. The topological polar surface area (TPSA) is 20.3 Å². The van der Waals surface area contributed by atoms with E-state index in [2.05, 4.69) is 15.9 Å². The van der Waals surface area contributed by atoms with Crippen LogP contribution in [-0.2, 0) is 6.18 Å². The summed E-state index contributed by atoms with van der Waals surface area (Å²) in [5.41, 5.74) is -2.07. The smallest absolute Gasteiger partial charge is 0.345 e. The molecule has 17 heavy (non-hydrogen) atoms. The van der Waals surface area contributed by atoms with Gasteiger partial charge in [-0.1, -0.05) is 0 Å². The number of alkyl halides is 3. The van der Waals surface area contributed by atoms with Crippen molar-refractivity contribution >= 4 is 21.8 Å². The molecule has 2 nitrogen and oxygen atoms in total. The summed E-state index contributed by atoms with van der Waals surface area (Å²) in [6.45, 7) is 0. The van der Waals surface area contributed by atoms with Crippen LogP contribution in [0.5, 0.6) is 0 Å². The summed E-state index contributed by atoms with van der Waals surface area (Å²) < 4.78 is 51.0. The molecule has 0 aliphatic heterocycles. The van der Waals surface area contributed by atoms with Crippen LogP contribution in [0.4, 0.5) is 17.6 Å². The molecule has 1 amide bonds. The van der Waals surface area contributed by atoms with E-state index in [1.165, 1.54) is 14.1 Å². The summed E-state index contributed by atoms with van der Waals surface area (Å²) in [6, 6.07) is 1.59. The number of nitrogens with zero attached hydrogens (tertiary/aromatic N) is 1. The Hall–Kier alpha value is -1.11. The molecule has 0 saturated carbocycles. The van der Waals surface area contributed by atoms with Crippen LogP contribution in [0.15, 0.2) is 16.6 Å². The fraction of sp³-hybridized carbons (Fsp3) is 0.300. The molecule has 0 aliphatic carbocycles. The SMILES string of the molecule is CN(C)C(=O)c1c(Br)ccc(C(F)(F)F)c1F. The molecule has 7 heteroatoms. The number of carbonyl (C=O) groups is 1. The highest BCUT2D eigenvalue weighted by Gasteiger charge is 2.36. The standard InChI is InChI=1S/C10H8BrF4NO/c1-16(2)9(17)7-6(11)4-3-5(8(7)12)10(13,14)15/h3-4H,1-2H3.